The molecule has 0 aliphatic rings. The Morgan fingerprint density at radius 3 is 2.27 bits per heavy atom. The third kappa shape index (κ3) is 5.37. The summed E-state index contributed by atoms with van der Waals surface area (Å²) in [5, 5.41) is 2.73. The lowest BCUT2D eigenvalue weighted by atomic mass is 10.2. The highest BCUT2D eigenvalue weighted by atomic mass is 16.2. The van der Waals surface area contributed by atoms with Gasteiger partial charge in [0, 0.05) is 26.1 Å². The van der Waals surface area contributed by atoms with Crippen molar-refractivity contribution < 1.29 is 9.59 Å². The van der Waals surface area contributed by atoms with E-state index < -0.39 is 6.04 Å². The van der Waals surface area contributed by atoms with Crippen LogP contribution >= 0.6 is 0 Å². The monoisotopic (exact) mass is 215 g/mol. The van der Waals surface area contributed by atoms with Crippen molar-refractivity contribution in [3.05, 3.63) is 0 Å². The SMILES string of the molecule is CC(C)C(=O)NCCN(C)C(=O)C(C)N. The average Bonchev–Trinajstić information content (AvgIpc) is 2.15. The van der Waals surface area contributed by atoms with E-state index in [1.54, 1.807) is 14.0 Å². The predicted octanol–water partition coefficient (Wildman–Crippen LogP) is -0.436. The van der Waals surface area contributed by atoms with Gasteiger partial charge < -0.3 is 16.0 Å². The maximum absolute atomic E-state index is 11.3. The highest BCUT2D eigenvalue weighted by Crippen LogP contribution is 1.91. The van der Waals surface area contributed by atoms with Crippen LogP contribution in [0.5, 0.6) is 0 Å². The van der Waals surface area contributed by atoms with Crippen molar-refractivity contribution in [2.45, 2.75) is 26.8 Å². The van der Waals surface area contributed by atoms with Gasteiger partial charge in [-0.1, -0.05) is 13.8 Å². The number of nitrogens with one attached hydrogen (secondary N) is 1. The number of hydrogen-bond donors (Lipinski definition) is 2. The summed E-state index contributed by atoms with van der Waals surface area (Å²) >= 11 is 0. The third-order valence-electron chi connectivity index (χ3n) is 2.04. The maximum Gasteiger partial charge on any atom is 0.238 e. The van der Waals surface area contributed by atoms with Gasteiger partial charge in [-0.15, -0.1) is 0 Å². The van der Waals surface area contributed by atoms with Crippen molar-refractivity contribution in [2.24, 2.45) is 11.7 Å². The lowest BCUT2D eigenvalue weighted by molar-refractivity contribution is -0.131. The first kappa shape index (κ1) is 13.9. The van der Waals surface area contributed by atoms with Crippen LogP contribution in [0, 0.1) is 5.92 Å². The van der Waals surface area contributed by atoms with Crippen molar-refractivity contribution in [2.75, 3.05) is 20.1 Å². The molecule has 0 aromatic heterocycles. The average molecular weight is 215 g/mol. The fourth-order valence-electron chi connectivity index (χ4n) is 1.01. The van der Waals surface area contributed by atoms with E-state index in [1.165, 1.54) is 4.90 Å². The molecule has 0 aliphatic carbocycles. The Balaban J connectivity index is 3.78. The van der Waals surface area contributed by atoms with Crippen molar-refractivity contribution in [1.29, 1.82) is 0 Å². The number of nitrogens with two attached hydrogens (primary N) is 1. The minimum absolute atomic E-state index is 0.00311. The van der Waals surface area contributed by atoms with Crippen molar-refractivity contribution in [3.63, 3.8) is 0 Å². The van der Waals surface area contributed by atoms with E-state index in [1.807, 2.05) is 13.8 Å². The van der Waals surface area contributed by atoms with E-state index >= 15 is 0 Å². The Hall–Kier alpha value is -1.10. The molecular formula is C10H21N3O2. The van der Waals surface area contributed by atoms with Gasteiger partial charge in [-0.25, -0.2) is 0 Å². The Bertz CT molecular complexity index is 227. The number of likely N-dealkylation sites (N-methyl/N-ethyl adjacent to an activating group) is 1. The van der Waals surface area contributed by atoms with Crippen LogP contribution in [-0.2, 0) is 9.59 Å². The summed E-state index contributed by atoms with van der Waals surface area (Å²) in [6.45, 7) is 6.24. The maximum atomic E-state index is 11.3. The molecule has 15 heavy (non-hydrogen) atoms. The number of carbonyl (C=O) groups is 2. The van der Waals surface area contributed by atoms with Gasteiger partial charge in [0.05, 0.1) is 6.04 Å². The predicted molar refractivity (Wildman–Crippen MR) is 59.1 cm³/mol. The minimum atomic E-state index is -0.490. The zero-order valence-electron chi connectivity index (χ0n) is 9.91. The minimum Gasteiger partial charge on any atom is -0.354 e. The summed E-state index contributed by atoms with van der Waals surface area (Å²) in [5.41, 5.74) is 5.44. The Morgan fingerprint density at radius 2 is 1.87 bits per heavy atom. The Kier molecular flexibility index (Phi) is 5.93. The normalized spacial score (nSPS) is 12.4. The van der Waals surface area contributed by atoms with E-state index in [0.29, 0.717) is 13.1 Å². The van der Waals surface area contributed by atoms with Gasteiger partial charge >= 0.3 is 0 Å². The molecule has 1 atom stereocenters. The molecular weight excluding hydrogens is 194 g/mol. The highest BCUT2D eigenvalue weighted by molar-refractivity contribution is 5.81. The second kappa shape index (κ2) is 6.40. The van der Waals surface area contributed by atoms with Crippen LogP contribution in [0.2, 0.25) is 0 Å². The molecule has 88 valence electrons. The number of amides is 2. The third-order valence-corrected chi connectivity index (χ3v) is 2.04. The van der Waals surface area contributed by atoms with Crippen LogP contribution in [0.3, 0.4) is 0 Å². The highest BCUT2D eigenvalue weighted by Gasteiger charge is 2.13. The molecule has 0 rings (SSSR count). The summed E-state index contributed by atoms with van der Waals surface area (Å²) in [6, 6.07) is -0.490. The van der Waals surface area contributed by atoms with Gasteiger partial charge in [-0.2, -0.15) is 0 Å². The van der Waals surface area contributed by atoms with Gasteiger partial charge in [0.1, 0.15) is 0 Å². The molecule has 2 amide bonds. The van der Waals surface area contributed by atoms with Crippen molar-refractivity contribution in [1.82, 2.24) is 10.2 Å². The summed E-state index contributed by atoms with van der Waals surface area (Å²) < 4.78 is 0. The Morgan fingerprint density at radius 1 is 1.33 bits per heavy atom. The summed E-state index contributed by atoms with van der Waals surface area (Å²) in [4.78, 5) is 24.0. The van der Waals surface area contributed by atoms with Gasteiger partial charge in [-0.05, 0) is 6.92 Å². The van der Waals surface area contributed by atoms with Gasteiger partial charge in [-0.3, -0.25) is 9.59 Å². The van der Waals surface area contributed by atoms with E-state index in [9.17, 15) is 9.59 Å². The fourth-order valence-corrected chi connectivity index (χ4v) is 1.01. The molecule has 0 fully saturated rings. The molecule has 0 radical (unpaired) electrons. The molecule has 5 heteroatoms. The fraction of sp³-hybridized carbons (Fsp3) is 0.800. The van der Waals surface area contributed by atoms with Crippen LogP contribution in [0.25, 0.3) is 0 Å². The molecule has 5 nitrogen and oxygen atoms in total. The summed E-state index contributed by atoms with van der Waals surface area (Å²) in [5.74, 6) is -0.148. The quantitative estimate of drug-likeness (QED) is 0.653. The van der Waals surface area contributed by atoms with Crippen LogP contribution in [0.4, 0.5) is 0 Å². The Labute approximate surface area is 91.0 Å². The van der Waals surface area contributed by atoms with Crippen LogP contribution in [-0.4, -0.2) is 42.9 Å². The van der Waals surface area contributed by atoms with Gasteiger partial charge in [0.25, 0.3) is 0 Å². The number of rotatable bonds is 5. The molecule has 0 saturated carbocycles. The summed E-state index contributed by atoms with van der Waals surface area (Å²) in [6.07, 6.45) is 0. The van der Waals surface area contributed by atoms with Gasteiger partial charge in [0.2, 0.25) is 11.8 Å². The molecule has 0 spiro atoms. The largest absolute Gasteiger partial charge is 0.354 e. The molecule has 0 aliphatic heterocycles. The number of carbonyl (C=O) groups excluding carboxylic acids is 2. The molecule has 0 heterocycles. The van der Waals surface area contributed by atoms with Crippen molar-refractivity contribution >= 4 is 11.8 Å². The smallest absolute Gasteiger partial charge is 0.238 e. The number of hydrogen-bond acceptors (Lipinski definition) is 3. The lowest BCUT2D eigenvalue weighted by Crippen LogP contribution is -2.43. The molecule has 3 N–H and O–H groups in total. The summed E-state index contributed by atoms with van der Waals surface area (Å²) in [7, 11) is 1.67. The lowest BCUT2D eigenvalue weighted by Gasteiger charge is -2.19. The standard InChI is InChI=1S/C10H21N3O2/c1-7(2)9(14)12-5-6-13(4)10(15)8(3)11/h7-8H,5-6,11H2,1-4H3,(H,12,14). The van der Waals surface area contributed by atoms with Crippen LogP contribution in [0.15, 0.2) is 0 Å². The zero-order chi connectivity index (χ0) is 12.0. The first-order valence-corrected chi connectivity index (χ1v) is 5.14. The first-order chi connectivity index (χ1) is 6.86. The molecule has 0 bridgehead atoms. The van der Waals surface area contributed by atoms with Crippen LogP contribution in [0.1, 0.15) is 20.8 Å². The second-order valence-electron chi connectivity index (χ2n) is 3.99. The van der Waals surface area contributed by atoms with E-state index in [2.05, 4.69) is 5.32 Å². The number of nitrogens with zero attached hydrogens (tertiary/aromatic N) is 1. The first-order valence-electron chi connectivity index (χ1n) is 5.14. The second-order valence-corrected chi connectivity index (χ2v) is 3.99. The molecule has 1 unspecified atom stereocenters. The van der Waals surface area contributed by atoms with E-state index in [4.69, 9.17) is 5.73 Å². The van der Waals surface area contributed by atoms with Gasteiger partial charge in [0.15, 0.2) is 0 Å². The topological polar surface area (TPSA) is 75.4 Å². The zero-order valence-corrected chi connectivity index (χ0v) is 9.91. The van der Waals surface area contributed by atoms with Crippen LogP contribution < -0.4 is 11.1 Å². The molecule has 0 aromatic rings. The molecule has 0 saturated heterocycles. The van der Waals surface area contributed by atoms with E-state index in [0.717, 1.165) is 0 Å². The van der Waals surface area contributed by atoms with E-state index in [-0.39, 0.29) is 17.7 Å². The van der Waals surface area contributed by atoms with Crippen molar-refractivity contribution in [3.8, 4) is 0 Å². The molecule has 0 aromatic carbocycles.